The monoisotopic (exact) mass is 424 g/mol. The summed E-state index contributed by atoms with van der Waals surface area (Å²) in [6, 6.07) is 12.5. The average molecular weight is 424 g/mol. The summed E-state index contributed by atoms with van der Waals surface area (Å²) in [5.74, 6) is -0.908. The summed E-state index contributed by atoms with van der Waals surface area (Å²) in [5.41, 5.74) is 1.38. The van der Waals surface area contributed by atoms with E-state index in [1.807, 2.05) is 18.2 Å². The van der Waals surface area contributed by atoms with Gasteiger partial charge in [-0.1, -0.05) is 24.3 Å². The molecule has 0 aliphatic carbocycles. The third-order valence-corrected chi connectivity index (χ3v) is 5.99. The van der Waals surface area contributed by atoms with Crippen molar-refractivity contribution in [3.63, 3.8) is 0 Å². The van der Waals surface area contributed by atoms with Crippen LogP contribution in [0.5, 0.6) is 0 Å². The third kappa shape index (κ3) is 4.38. The highest BCUT2D eigenvalue weighted by Gasteiger charge is 2.41. The summed E-state index contributed by atoms with van der Waals surface area (Å²) < 4.78 is 13.0. The van der Waals surface area contributed by atoms with Crippen molar-refractivity contribution in [3.8, 4) is 0 Å². The normalized spacial score (nSPS) is 21.5. The van der Waals surface area contributed by atoms with Gasteiger partial charge in [0.1, 0.15) is 17.5 Å². The Morgan fingerprint density at radius 1 is 1.13 bits per heavy atom. The lowest BCUT2D eigenvalue weighted by Crippen LogP contribution is -2.58. The predicted molar refractivity (Wildman–Crippen MR) is 114 cm³/mol. The molecule has 31 heavy (non-hydrogen) atoms. The van der Waals surface area contributed by atoms with Crippen LogP contribution in [0.1, 0.15) is 42.1 Å². The lowest BCUT2D eigenvalue weighted by Gasteiger charge is -2.40. The van der Waals surface area contributed by atoms with Crippen molar-refractivity contribution in [2.45, 2.75) is 44.4 Å². The molecule has 4 rings (SSSR count). The SMILES string of the molecule is CC(C(=O)NCc1ccc(F)cc1)N1CCC2(CCC1=O)NC(=O)c1ccccc1N2. The second-order valence-electron chi connectivity index (χ2n) is 8.06. The van der Waals surface area contributed by atoms with Crippen LogP contribution in [0.4, 0.5) is 10.1 Å². The smallest absolute Gasteiger partial charge is 0.255 e. The van der Waals surface area contributed by atoms with Gasteiger partial charge in [0.15, 0.2) is 0 Å². The lowest BCUT2D eigenvalue weighted by atomic mass is 9.95. The first-order chi connectivity index (χ1) is 14.9. The van der Waals surface area contributed by atoms with Crippen molar-refractivity contribution in [2.75, 3.05) is 11.9 Å². The zero-order valence-electron chi connectivity index (χ0n) is 17.3. The fraction of sp³-hybridized carbons (Fsp3) is 0.348. The number of halogens is 1. The number of nitrogens with one attached hydrogen (secondary N) is 3. The van der Waals surface area contributed by atoms with Gasteiger partial charge in [-0.2, -0.15) is 0 Å². The molecule has 8 heteroatoms. The first-order valence-electron chi connectivity index (χ1n) is 10.4. The highest BCUT2D eigenvalue weighted by molar-refractivity contribution is 6.02. The van der Waals surface area contributed by atoms with Crippen molar-refractivity contribution in [2.24, 2.45) is 0 Å². The van der Waals surface area contributed by atoms with Gasteiger partial charge < -0.3 is 20.9 Å². The number of anilines is 1. The Morgan fingerprint density at radius 3 is 2.65 bits per heavy atom. The van der Waals surface area contributed by atoms with Gasteiger partial charge in [0.2, 0.25) is 11.8 Å². The summed E-state index contributed by atoms with van der Waals surface area (Å²) in [4.78, 5) is 39.6. The minimum atomic E-state index is -0.722. The van der Waals surface area contributed by atoms with E-state index in [0.717, 1.165) is 11.3 Å². The quantitative estimate of drug-likeness (QED) is 0.703. The summed E-state index contributed by atoms with van der Waals surface area (Å²) in [5, 5.41) is 9.24. The van der Waals surface area contributed by atoms with Crippen molar-refractivity contribution < 1.29 is 18.8 Å². The van der Waals surface area contributed by atoms with Crippen LogP contribution in [-0.2, 0) is 16.1 Å². The molecule has 7 nitrogen and oxygen atoms in total. The zero-order valence-corrected chi connectivity index (χ0v) is 17.3. The molecule has 0 aromatic heterocycles. The van der Waals surface area contributed by atoms with Gasteiger partial charge >= 0.3 is 0 Å². The van der Waals surface area contributed by atoms with Crippen LogP contribution < -0.4 is 16.0 Å². The van der Waals surface area contributed by atoms with Crippen LogP contribution in [0.25, 0.3) is 0 Å². The molecule has 2 aromatic carbocycles. The highest BCUT2D eigenvalue weighted by Crippen LogP contribution is 2.32. The van der Waals surface area contributed by atoms with Crippen LogP contribution in [0.15, 0.2) is 48.5 Å². The maximum absolute atomic E-state index is 13.0. The maximum Gasteiger partial charge on any atom is 0.255 e. The Hall–Kier alpha value is -3.42. The Bertz CT molecular complexity index is 1010. The molecule has 2 heterocycles. The van der Waals surface area contributed by atoms with E-state index in [-0.39, 0.29) is 36.5 Å². The second-order valence-corrected chi connectivity index (χ2v) is 8.06. The second kappa shape index (κ2) is 8.37. The molecule has 2 atom stereocenters. The zero-order chi connectivity index (χ0) is 22.0. The minimum Gasteiger partial charge on any atom is -0.362 e. The van der Waals surface area contributed by atoms with Gasteiger partial charge in [-0.3, -0.25) is 14.4 Å². The van der Waals surface area contributed by atoms with Gasteiger partial charge in [0.05, 0.1) is 5.56 Å². The molecule has 2 unspecified atom stereocenters. The van der Waals surface area contributed by atoms with Gasteiger partial charge in [-0.15, -0.1) is 0 Å². The largest absolute Gasteiger partial charge is 0.362 e. The number of benzene rings is 2. The molecule has 2 aliphatic heterocycles. The molecule has 1 spiro atoms. The van der Waals surface area contributed by atoms with Crippen molar-refractivity contribution in [1.82, 2.24) is 15.5 Å². The standard InChI is InChI=1S/C23H25FN4O3/c1-15(21(30)25-14-16-6-8-17(24)9-7-16)28-13-12-23(11-10-20(28)29)26-19-5-3-2-4-18(19)22(31)27-23/h2-9,15,26H,10-14H2,1H3,(H,25,30)(H,27,31). The molecule has 3 N–H and O–H groups in total. The number of likely N-dealkylation sites (tertiary alicyclic amines) is 1. The molecule has 1 fully saturated rings. The van der Waals surface area contributed by atoms with Crippen LogP contribution >= 0.6 is 0 Å². The van der Waals surface area contributed by atoms with Crippen molar-refractivity contribution >= 4 is 23.4 Å². The number of carbonyl (C=O) groups excluding carboxylic acids is 3. The van der Waals surface area contributed by atoms with E-state index >= 15 is 0 Å². The van der Waals surface area contributed by atoms with E-state index in [4.69, 9.17) is 0 Å². The molecule has 162 valence electrons. The number of hydrogen-bond acceptors (Lipinski definition) is 4. The van der Waals surface area contributed by atoms with Gasteiger partial charge in [-0.05, 0) is 43.2 Å². The third-order valence-electron chi connectivity index (χ3n) is 5.99. The minimum absolute atomic E-state index is 0.129. The molecule has 3 amide bonds. The van der Waals surface area contributed by atoms with E-state index < -0.39 is 11.7 Å². The van der Waals surface area contributed by atoms with Gasteiger partial charge in [-0.25, -0.2) is 4.39 Å². The van der Waals surface area contributed by atoms with Crippen molar-refractivity contribution in [1.29, 1.82) is 0 Å². The van der Waals surface area contributed by atoms with Crippen LogP contribution in [0.2, 0.25) is 0 Å². The number of nitrogens with zero attached hydrogens (tertiary/aromatic N) is 1. The summed E-state index contributed by atoms with van der Waals surface area (Å²) >= 11 is 0. The van der Waals surface area contributed by atoms with Crippen molar-refractivity contribution in [3.05, 3.63) is 65.5 Å². The molecular formula is C23H25FN4O3. The lowest BCUT2D eigenvalue weighted by molar-refractivity contribution is -0.139. The number of para-hydroxylation sites is 1. The highest BCUT2D eigenvalue weighted by atomic mass is 19.1. The Morgan fingerprint density at radius 2 is 1.87 bits per heavy atom. The number of hydrogen-bond donors (Lipinski definition) is 3. The summed E-state index contributed by atoms with van der Waals surface area (Å²) in [6.07, 6.45) is 1.13. The molecule has 2 aliphatic rings. The molecule has 0 radical (unpaired) electrons. The van der Waals surface area contributed by atoms with E-state index in [9.17, 15) is 18.8 Å². The Labute approximate surface area is 180 Å². The van der Waals surface area contributed by atoms with Gasteiger partial charge in [0.25, 0.3) is 5.91 Å². The molecule has 0 saturated carbocycles. The molecular weight excluding hydrogens is 399 g/mol. The first kappa shape index (κ1) is 20.8. The van der Waals surface area contributed by atoms with E-state index in [1.54, 1.807) is 30.0 Å². The van der Waals surface area contributed by atoms with Crippen LogP contribution in [0, 0.1) is 5.82 Å². The number of fused-ring (bicyclic) bond motifs is 1. The van der Waals surface area contributed by atoms with Crippen LogP contribution in [-0.4, -0.2) is 40.9 Å². The Balaban J connectivity index is 1.41. The molecule has 2 aromatic rings. The van der Waals surface area contributed by atoms with E-state index in [1.165, 1.54) is 12.1 Å². The number of rotatable bonds is 4. The van der Waals surface area contributed by atoms with E-state index in [2.05, 4.69) is 16.0 Å². The fourth-order valence-corrected chi connectivity index (χ4v) is 4.13. The molecule has 1 saturated heterocycles. The summed E-state index contributed by atoms with van der Waals surface area (Å²) in [7, 11) is 0. The van der Waals surface area contributed by atoms with Crippen LogP contribution in [0.3, 0.4) is 0 Å². The molecule has 0 bridgehead atoms. The van der Waals surface area contributed by atoms with Gasteiger partial charge in [0, 0.05) is 31.6 Å². The topological polar surface area (TPSA) is 90.5 Å². The maximum atomic E-state index is 13.0. The predicted octanol–water partition coefficient (Wildman–Crippen LogP) is 2.39. The first-order valence-corrected chi connectivity index (χ1v) is 10.4. The number of amides is 3. The average Bonchev–Trinajstić information content (AvgIpc) is 2.91. The number of carbonyl (C=O) groups is 3. The van der Waals surface area contributed by atoms with E-state index in [0.29, 0.717) is 24.9 Å². The Kier molecular flexibility index (Phi) is 5.63. The fourth-order valence-electron chi connectivity index (χ4n) is 4.13. The summed E-state index contributed by atoms with van der Waals surface area (Å²) in [6.45, 7) is 2.28.